The Morgan fingerprint density at radius 2 is 2.00 bits per heavy atom. The van der Waals surface area contributed by atoms with Gasteiger partial charge in [0.1, 0.15) is 0 Å². The summed E-state index contributed by atoms with van der Waals surface area (Å²) in [5, 5.41) is 9.08. The van der Waals surface area contributed by atoms with Crippen molar-refractivity contribution < 1.29 is 9.53 Å². The molecular formula is C8H9N3O2. The summed E-state index contributed by atoms with van der Waals surface area (Å²) in [6.07, 6.45) is -0.765. The van der Waals surface area contributed by atoms with Gasteiger partial charge in [-0.25, -0.2) is 4.79 Å². The lowest BCUT2D eigenvalue weighted by molar-refractivity contribution is 0.211. The molecule has 0 bridgehead atoms. The van der Waals surface area contributed by atoms with Crippen LogP contribution in [0.25, 0.3) is 0 Å². The molecule has 0 saturated carbocycles. The molecule has 0 radical (unpaired) electrons. The van der Waals surface area contributed by atoms with Gasteiger partial charge < -0.3 is 10.5 Å². The number of amidine groups is 1. The number of nitrogens with two attached hydrogens (primary N) is 1. The van der Waals surface area contributed by atoms with Crippen molar-refractivity contribution in [1.82, 2.24) is 0 Å². The standard InChI is InChI=1S/C8H9N3O2/c9-7(10)13-8(12)11-6-4-2-1-3-5-6/h1-5H,(H3,9,10)(H,11,12). The van der Waals surface area contributed by atoms with Gasteiger partial charge in [0.2, 0.25) is 0 Å². The van der Waals surface area contributed by atoms with Crippen LogP contribution < -0.4 is 11.1 Å². The van der Waals surface area contributed by atoms with E-state index in [1.165, 1.54) is 0 Å². The molecule has 0 heterocycles. The number of nitrogens with one attached hydrogen (secondary N) is 2. The van der Waals surface area contributed by atoms with Gasteiger partial charge in [0.25, 0.3) is 6.02 Å². The van der Waals surface area contributed by atoms with Crippen molar-refractivity contribution in [2.75, 3.05) is 5.32 Å². The van der Waals surface area contributed by atoms with E-state index in [4.69, 9.17) is 11.1 Å². The molecule has 0 aliphatic carbocycles. The Balaban J connectivity index is 2.50. The summed E-state index contributed by atoms with van der Waals surface area (Å²) in [4.78, 5) is 10.9. The summed E-state index contributed by atoms with van der Waals surface area (Å²) in [5.74, 6) is 0. The minimum Gasteiger partial charge on any atom is -0.376 e. The van der Waals surface area contributed by atoms with E-state index in [-0.39, 0.29) is 0 Å². The maximum Gasteiger partial charge on any atom is 0.419 e. The Hall–Kier alpha value is -2.04. The molecule has 0 aliphatic heterocycles. The van der Waals surface area contributed by atoms with Gasteiger partial charge in [-0.3, -0.25) is 10.7 Å². The molecule has 0 aliphatic rings. The minimum atomic E-state index is -0.765. The van der Waals surface area contributed by atoms with E-state index >= 15 is 0 Å². The molecule has 1 aromatic carbocycles. The molecule has 0 spiro atoms. The first-order valence-corrected chi connectivity index (χ1v) is 3.56. The number of ether oxygens (including phenoxy) is 1. The second kappa shape index (κ2) is 4.10. The third-order valence-corrected chi connectivity index (χ3v) is 1.22. The van der Waals surface area contributed by atoms with Crippen LogP contribution in [0.5, 0.6) is 0 Å². The zero-order valence-corrected chi connectivity index (χ0v) is 6.78. The number of amides is 1. The molecule has 1 aromatic rings. The van der Waals surface area contributed by atoms with E-state index in [9.17, 15) is 4.79 Å². The van der Waals surface area contributed by atoms with Gasteiger partial charge in [-0.1, -0.05) is 18.2 Å². The van der Waals surface area contributed by atoms with Crippen LogP contribution in [-0.2, 0) is 4.74 Å². The van der Waals surface area contributed by atoms with Gasteiger partial charge in [-0.2, -0.15) is 0 Å². The predicted molar refractivity (Wildman–Crippen MR) is 48.5 cm³/mol. The van der Waals surface area contributed by atoms with Crippen LogP contribution in [0.3, 0.4) is 0 Å². The zero-order valence-electron chi connectivity index (χ0n) is 6.78. The average Bonchev–Trinajstić information content (AvgIpc) is 2.04. The fraction of sp³-hybridized carbons (Fsp3) is 0. The maximum absolute atomic E-state index is 10.9. The first-order chi connectivity index (χ1) is 6.18. The third kappa shape index (κ3) is 3.24. The van der Waals surface area contributed by atoms with Gasteiger partial charge in [0.15, 0.2) is 0 Å². The smallest absolute Gasteiger partial charge is 0.376 e. The second-order valence-corrected chi connectivity index (χ2v) is 2.24. The van der Waals surface area contributed by atoms with E-state index in [0.717, 1.165) is 0 Å². The molecule has 0 aromatic heterocycles. The second-order valence-electron chi connectivity index (χ2n) is 2.24. The molecule has 5 heteroatoms. The molecule has 0 saturated heterocycles. The highest BCUT2D eigenvalue weighted by molar-refractivity contribution is 5.92. The minimum absolute atomic E-state index is 0.591. The Morgan fingerprint density at radius 1 is 1.38 bits per heavy atom. The summed E-state index contributed by atoms with van der Waals surface area (Å²) >= 11 is 0. The Bertz CT molecular complexity index is 310. The molecular weight excluding hydrogens is 170 g/mol. The normalized spacial score (nSPS) is 8.92. The molecule has 0 unspecified atom stereocenters. The van der Waals surface area contributed by atoms with E-state index in [1.54, 1.807) is 24.3 Å². The van der Waals surface area contributed by atoms with E-state index in [2.05, 4.69) is 10.1 Å². The van der Waals surface area contributed by atoms with Crippen molar-refractivity contribution in [1.29, 1.82) is 5.41 Å². The molecule has 13 heavy (non-hydrogen) atoms. The number of hydrogen-bond donors (Lipinski definition) is 3. The fourth-order valence-corrected chi connectivity index (χ4v) is 0.765. The van der Waals surface area contributed by atoms with Gasteiger partial charge in [-0.05, 0) is 12.1 Å². The van der Waals surface area contributed by atoms with Crippen molar-refractivity contribution in [2.24, 2.45) is 5.73 Å². The average molecular weight is 179 g/mol. The highest BCUT2D eigenvalue weighted by Crippen LogP contribution is 2.04. The number of hydrogen-bond acceptors (Lipinski definition) is 3. The van der Waals surface area contributed by atoms with Crippen LogP contribution in [-0.4, -0.2) is 12.1 Å². The molecule has 5 nitrogen and oxygen atoms in total. The quantitative estimate of drug-likeness (QED) is 0.446. The van der Waals surface area contributed by atoms with E-state index in [0.29, 0.717) is 5.69 Å². The number of carbonyl (C=O) groups is 1. The number of carbonyl (C=O) groups excluding carboxylic acids is 1. The van der Waals surface area contributed by atoms with E-state index < -0.39 is 12.1 Å². The monoisotopic (exact) mass is 179 g/mol. The molecule has 4 N–H and O–H groups in total. The van der Waals surface area contributed by atoms with Gasteiger partial charge in [-0.15, -0.1) is 0 Å². The van der Waals surface area contributed by atoms with Gasteiger partial charge in [0, 0.05) is 5.69 Å². The topological polar surface area (TPSA) is 88.2 Å². The molecule has 1 rings (SSSR count). The SMILES string of the molecule is N=C(N)OC(=O)Nc1ccccc1. The lowest BCUT2D eigenvalue weighted by atomic mass is 10.3. The van der Waals surface area contributed by atoms with Crippen LogP contribution in [0.15, 0.2) is 30.3 Å². The Morgan fingerprint density at radius 3 is 2.54 bits per heavy atom. The third-order valence-electron chi connectivity index (χ3n) is 1.22. The highest BCUT2D eigenvalue weighted by Gasteiger charge is 2.02. The van der Waals surface area contributed by atoms with Crippen molar-refractivity contribution >= 4 is 17.8 Å². The number of benzene rings is 1. The summed E-state index contributed by atoms with van der Waals surface area (Å²) in [7, 11) is 0. The lowest BCUT2D eigenvalue weighted by Gasteiger charge is -2.03. The van der Waals surface area contributed by atoms with Crippen molar-refractivity contribution in [2.45, 2.75) is 0 Å². The van der Waals surface area contributed by atoms with Crippen LogP contribution in [0.1, 0.15) is 0 Å². The van der Waals surface area contributed by atoms with Crippen LogP contribution in [0, 0.1) is 5.41 Å². The number of para-hydroxylation sites is 1. The maximum atomic E-state index is 10.9. The van der Waals surface area contributed by atoms with Crippen LogP contribution in [0.4, 0.5) is 10.5 Å². The zero-order chi connectivity index (χ0) is 9.68. The number of rotatable bonds is 1. The summed E-state index contributed by atoms with van der Waals surface area (Å²) < 4.78 is 4.27. The molecule has 68 valence electrons. The summed E-state index contributed by atoms with van der Waals surface area (Å²) in [5.41, 5.74) is 5.44. The fourth-order valence-electron chi connectivity index (χ4n) is 0.765. The predicted octanol–water partition coefficient (Wildman–Crippen LogP) is 1.13. The highest BCUT2D eigenvalue weighted by atomic mass is 16.6. The van der Waals surface area contributed by atoms with Crippen LogP contribution in [0.2, 0.25) is 0 Å². The van der Waals surface area contributed by atoms with Gasteiger partial charge >= 0.3 is 6.09 Å². The van der Waals surface area contributed by atoms with Crippen LogP contribution >= 0.6 is 0 Å². The first-order valence-electron chi connectivity index (χ1n) is 3.56. The Labute approximate surface area is 75.0 Å². The number of anilines is 1. The summed E-state index contributed by atoms with van der Waals surface area (Å²) in [6, 6.07) is 8.12. The molecule has 1 amide bonds. The van der Waals surface area contributed by atoms with Crippen molar-refractivity contribution in [3.05, 3.63) is 30.3 Å². The molecule has 0 fully saturated rings. The lowest BCUT2D eigenvalue weighted by Crippen LogP contribution is -2.23. The van der Waals surface area contributed by atoms with Crippen molar-refractivity contribution in [3.8, 4) is 0 Å². The summed E-state index contributed by atoms with van der Waals surface area (Å²) in [6.45, 7) is 0. The van der Waals surface area contributed by atoms with Gasteiger partial charge in [0.05, 0.1) is 0 Å². The molecule has 0 atom stereocenters. The van der Waals surface area contributed by atoms with E-state index in [1.807, 2.05) is 6.07 Å². The largest absolute Gasteiger partial charge is 0.419 e. The Kier molecular flexibility index (Phi) is 2.86. The van der Waals surface area contributed by atoms with Crippen molar-refractivity contribution in [3.63, 3.8) is 0 Å². The first kappa shape index (κ1) is 9.05.